The molecule has 1 aromatic carbocycles. The monoisotopic (exact) mass is 230 g/mol. The van der Waals surface area contributed by atoms with Gasteiger partial charge in [0.05, 0.1) is 5.70 Å². The summed E-state index contributed by atoms with van der Waals surface area (Å²) in [7, 11) is 1.69. The molecule has 0 amide bonds. The maximum absolute atomic E-state index is 7.37. The molecule has 0 aliphatic carbocycles. The summed E-state index contributed by atoms with van der Waals surface area (Å²) in [4.78, 5) is 3.91. The zero-order valence-electron chi connectivity index (χ0n) is 10.2. The number of nitrogens with two attached hydrogens (primary N) is 1. The molecule has 0 spiro atoms. The van der Waals surface area contributed by atoms with E-state index in [0.29, 0.717) is 5.70 Å². The average Bonchev–Trinajstić information content (AvgIpc) is 2.38. The van der Waals surface area contributed by atoms with Crippen molar-refractivity contribution >= 4 is 18.1 Å². The first kappa shape index (κ1) is 13.0. The highest BCUT2D eigenvalue weighted by atomic mass is 14.9. The Labute approximate surface area is 102 Å². The molecule has 0 fully saturated rings. The third kappa shape index (κ3) is 3.45. The second-order valence-corrected chi connectivity index (χ2v) is 3.55. The van der Waals surface area contributed by atoms with Gasteiger partial charge in [-0.2, -0.15) is 0 Å². The standard InChI is InChI=1S/C13H18N4/c1-3-10-4-5-11(7-14)13(6-10)17-12(8-15)9-16-2/h4-9,14,17H,3,15H2,1-2H3/b12-8+,14-7?,16-9?. The van der Waals surface area contributed by atoms with E-state index in [4.69, 9.17) is 11.1 Å². The highest BCUT2D eigenvalue weighted by Gasteiger charge is 2.02. The van der Waals surface area contributed by atoms with Crippen LogP contribution in [0.15, 0.2) is 35.1 Å². The fraction of sp³-hybridized carbons (Fsp3) is 0.231. The lowest BCUT2D eigenvalue weighted by Gasteiger charge is -2.11. The van der Waals surface area contributed by atoms with Gasteiger partial charge < -0.3 is 16.5 Å². The van der Waals surface area contributed by atoms with E-state index in [1.165, 1.54) is 18.0 Å². The van der Waals surface area contributed by atoms with Crippen LogP contribution in [-0.2, 0) is 6.42 Å². The first-order valence-electron chi connectivity index (χ1n) is 5.49. The predicted octanol–water partition coefficient (Wildman–Crippen LogP) is 2.16. The highest BCUT2D eigenvalue weighted by molar-refractivity contribution is 5.90. The molecular formula is C13H18N4. The summed E-state index contributed by atoms with van der Waals surface area (Å²) in [5, 5.41) is 10.5. The van der Waals surface area contributed by atoms with Gasteiger partial charge in [-0.05, 0) is 18.1 Å². The molecule has 0 saturated carbocycles. The largest absolute Gasteiger partial charge is 0.403 e. The van der Waals surface area contributed by atoms with Crippen molar-refractivity contribution in [2.75, 3.05) is 12.4 Å². The first-order chi connectivity index (χ1) is 8.24. The van der Waals surface area contributed by atoms with Crippen molar-refractivity contribution in [2.45, 2.75) is 13.3 Å². The number of hydrogen-bond donors (Lipinski definition) is 3. The molecule has 4 N–H and O–H groups in total. The molecule has 0 atom stereocenters. The fourth-order valence-electron chi connectivity index (χ4n) is 1.47. The summed E-state index contributed by atoms with van der Waals surface area (Å²) in [6.07, 6.45) is 5.38. The van der Waals surface area contributed by atoms with Crippen LogP contribution in [0.4, 0.5) is 5.69 Å². The Hall–Kier alpha value is -2.10. The van der Waals surface area contributed by atoms with Crippen LogP contribution in [-0.4, -0.2) is 19.5 Å². The molecule has 0 radical (unpaired) electrons. The number of aryl methyl sites for hydroxylation is 1. The van der Waals surface area contributed by atoms with Gasteiger partial charge in [0, 0.05) is 36.9 Å². The van der Waals surface area contributed by atoms with Gasteiger partial charge in [0.25, 0.3) is 0 Å². The third-order valence-electron chi connectivity index (χ3n) is 2.41. The Balaban J connectivity index is 3.06. The molecule has 1 aromatic rings. The van der Waals surface area contributed by atoms with Crippen LogP contribution in [0, 0.1) is 5.41 Å². The number of benzene rings is 1. The van der Waals surface area contributed by atoms with E-state index in [1.54, 1.807) is 13.3 Å². The lowest BCUT2D eigenvalue weighted by Crippen LogP contribution is -2.06. The quantitative estimate of drug-likeness (QED) is 0.678. The van der Waals surface area contributed by atoms with Crippen LogP contribution in [0.2, 0.25) is 0 Å². The van der Waals surface area contributed by atoms with Crippen molar-refractivity contribution in [1.82, 2.24) is 0 Å². The summed E-state index contributed by atoms with van der Waals surface area (Å²) in [6, 6.07) is 5.96. The number of nitrogens with zero attached hydrogens (tertiary/aromatic N) is 1. The SMILES string of the molecule is CCc1ccc(C=N)c(N/C(C=NC)=C/N)c1. The van der Waals surface area contributed by atoms with Crippen molar-refractivity contribution in [3.63, 3.8) is 0 Å². The van der Waals surface area contributed by atoms with Gasteiger partial charge in [-0.25, -0.2) is 0 Å². The molecule has 17 heavy (non-hydrogen) atoms. The molecule has 0 aliphatic heterocycles. The lowest BCUT2D eigenvalue weighted by molar-refractivity contribution is 1.14. The molecule has 0 aromatic heterocycles. The summed E-state index contributed by atoms with van der Waals surface area (Å²) < 4.78 is 0. The third-order valence-corrected chi connectivity index (χ3v) is 2.41. The second-order valence-electron chi connectivity index (χ2n) is 3.55. The zero-order chi connectivity index (χ0) is 12.7. The Kier molecular flexibility index (Phi) is 4.94. The Bertz CT molecular complexity index is 447. The van der Waals surface area contributed by atoms with Gasteiger partial charge in [-0.15, -0.1) is 0 Å². The minimum Gasteiger partial charge on any atom is -0.403 e. The van der Waals surface area contributed by atoms with Crippen LogP contribution < -0.4 is 11.1 Å². The molecular weight excluding hydrogens is 212 g/mol. The molecule has 90 valence electrons. The maximum atomic E-state index is 7.37. The molecule has 4 nitrogen and oxygen atoms in total. The molecule has 0 heterocycles. The molecule has 0 aliphatic rings. The van der Waals surface area contributed by atoms with Crippen LogP contribution >= 0.6 is 0 Å². The van der Waals surface area contributed by atoms with Crippen LogP contribution in [0.3, 0.4) is 0 Å². The van der Waals surface area contributed by atoms with E-state index in [1.807, 2.05) is 18.2 Å². The Morgan fingerprint density at radius 1 is 1.53 bits per heavy atom. The molecule has 0 bridgehead atoms. The smallest absolute Gasteiger partial charge is 0.0723 e. The number of aliphatic imine (C=N–C) groups is 1. The number of rotatable bonds is 5. The normalized spacial score (nSPS) is 11.8. The number of allylic oxidation sites excluding steroid dienone is 1. The number of anilines is 1. The maximum Gasteiger partial charge on any atom is 0.0723 e. The predicted molar refractivity (Wildman–Crippen MR) is 74.0 cm³/mol. The van der Waals surface area contributed by atoms with E-state index >= 15 is 0 Å². The summed E-state index contributed by atoms with van der Waals surface area (Å²) in [5.74, 6) is 0. The van der Waals surface area contributed by atoms with E-state index in [9.17, 15) is 0 Å². The van der Waals surface area contributed by atoms with Gasteiger partial charge in [0.2, 0.25) is 0 Å². The van der Waals surface area contributed by atoms with Gasteiger partial charge in [-0.1, -0.05) is 19.1 Å². The van der Waals surface area contributed by atoms with Crippen LogP contribution in [0.25, 0.3) is 0 Å². The van der Waals surface area contributed by atoms with Crippen molar-refractivity contribution in [3.05, 3.63) is 41.2 Å². The molecule has 4 heteroatoms. The van der Waals surface area contributed by atoms with Gasteiger partial charge >= 0.3 is 0 Å². The lowest BCUT2D eigenvalue weighted by atomic mass is 10.1. The van der Waals surface area contributed by atoms with Crippen molar-refractivity contribution in [3.8, 4) is 0 Å². The topological polar surface area (TPSA) is 74.3 Å². The van der Waals surface area contributed by atoms with E-state index in [-0.39, 0.29) is 0 Å². The van der Waals surface area contributed by atoms with Crippen LogP contribution in [0.1, 0.15) is 18.1 Å². The Morgan fingerprint density at radius 2 is 2.29 bits per heavy atom. The van der Waals surface area contributed by atoms with E-state index in [0.717, 1.165) is 17.7 Å². The van der Waals surface area contributed by atoms with Crippen molar-refractivity contribution in [1.29, 1.82) is 5.41 Å². The fourth-order valence-corrected chi connectivity index (χ4v) is 1.47. The summed E-state index contributed by atoms with van der Waals surface area (Å²) in [5.41, 5.74) is 9.12. The Morgan fingerprint density at radius 3 is 2.82 bits per heavy atom. The number of hydrogen-bond acceptors (Lipinski definition) is 4. The molecule has 1 rings (SSSR count). The second kappa shape index (κ2) is 6.48. The first-order valence-corrected chi connectivity index (χ1v) is 5.49. The average molecular weight is 230 g/mol. The number of nitrogens with one attached hydrogen (secondary N) is 2. The highest BCUT2D eigenvalue weighted by Crippen LogP contribution is 2.18. The molecule has 0 unspecified atom stereocenters. The van der Waals surface area contributed by atoms with Crippen molar-refractivity contribution < 1.29 is 0 Å². The van der Waals surface area contributed by atoms with Crippen molar-refractivity contribution in [2.24, 2.45) is 10.7 Å². The molecule has 0 saturated heterocycles. The summed E-state index contributed by atoms with van der Waals surface area (Å²) in [6.45, 7) is 2.09. The summed E-state index contributed by atoms with van der Waals surface area (Å²) >= 11 is 0. The zero-order valence-corrected chi connectivity index (χ0v) is 10.2. The van der Waals surface area contributed by atoms with Crippen LogP contribution in [0.5, 0.6) is 0 Å². The van der Waals surface area contributed by atoms with E-state index < -0.39 is 0 Å². The van der Waals surface area contributed by atoms with Gasteiger partial charge in [0.1, 0.15) is 0 Å². The minimum absolute atomic E-state index is 0.712. The minimum atomic E-state index is 0.712. The van der Waals surface area contributed by atoms with E-state index in [2.05, 4.69) is 17.2 Å². The van der Waals surface area contributed by atoms with Gasteiger partial charge in [-0.3, -0.25) is 4.99 Å². The van der Waals surface area contributed by atoms with Gasteiger partial charge in [0.15, 0.2) is 0 Å².